The highest BCUT2D eigenvalue weighted by atomic mass is 19.4. The SMILES string of the molecule is C/C=C(\O)C[C@@H]1CC[C@@H](N(Cc2ccccc2)CC(C)C)[C@H](c2ccc(C(F)(F)F)cc2)C1. The Balaban J connectivity index is 1.91. The molecule has 1 N–H and O–H groups in total. The number of nitrogens with zero attached hydrogens (tertiary/aromatic N) is 1. The predicted octanol–water partition coefficient (Wildman–Crippen LogP) is 7.97. The second-order valence-electron chi connectivity index (χ2n) is 9.77. The fraction of sp³-hybridized carbons (Fsp3) is 0.500. The lowest BCUT2D eigenvalue weighted by Crippen LogP contribution is -2.44. The first-order valence-corrected chi connectivity index (χ1v) is 12.0. The van der Waals surface area contributed by atoms with Gasteiger partial charge in [0.15, 0.2) is 0 Å². The van der Waals surface area contributed by atoms with Crippen molar-refractivity contribution in [2.24, 2.45) is 11.8 Å². The van der Waals surface area contributed by atoms with Gasteiger partial charge in [-0.3, -0.25) is 4.90 Å². The molecule has 0 aromatic heterocycles. The molecule has 1 saturated carbocycles. The van der Waals surface area contributed by atoms with Crippen LogP contribution in [-0.2, 0) is 12.7 Å². The van der Waals surface area contributed by atoms with E-state index in [0.717, 1.165) is 37.9 Å². The van der Waals surface area contributed by atoms with E-state index in [1.807, 2.05) is 25.1 Å². The van der Waals surface area contributed by atoms with Gasteiger partial charge in [-0.05, 0) is 73.3 Å². The van der Waals surface area contributed by atoms with Gasteiger partial charge in [0.25, 0.3) is 0 Å². The molecule has 0 spiro atoms. The van der Waals surface area contributed by atoms with E-state index in [9.17, 15) is 18.3 Å². The van der Waals surface area contributed by atoms with Gasteiger partial charge in [-0.1, -0.05) is 56.3 Å². The number of allylic oxidation sites excluding steroid dienone is 2. The highest BCUT2D eigenvalue weighted by Crippen LogP contribution is 2.42. The normalized spacial score (nSPS) is 22.2. The van der Waals surface area contributed by atoms with Crippen LogP contribution in [0.1, 0.15) is 69.1 Å². The number of halogens is 3. The van der Waals surface area contributed by atoms with E-state index in [2.05, 4.69) is 30.9 Å². The average Bonchev–Trinajstić information content (AvgIpc) is 2.78. The van der Waals surface area contributed by atoms with Gasteiger partial charge in [0.2, 0.25) is 0 Å². The molecule has 0 radical (unpaired) electrons. The highest BCUT2D eigenvalue weighted by molar-refractivity contribution is 5.29. The molecule has 5 heteroatoms. The third-order valence-electron chi connectivity index (χ3n) is 6.72. The van der Waals surface area contributed by atoms with E-state index in [1.165, 1.54) is 17.7 Å². The molecule has 3 rings (SSSR count). The molecular formula is C28H36F3NO. The molecule has 33 heavy (non-hydrogen) atoms. The van der Waals surface area contributed by atoms with E-state index in [0.29, 0.717) is 24.0 Å². The van der Waals surface area contributed by atoms with Crippen molar-refractivity contribution in [3.05, 3.63) is 83.1 Å². The predicted molar refractivity (Wildman–Crippen MR) is 128 cm³/mol. The molecule has 1 aliphatic carbocycles. The lowest BCUT2D eigenvalue weighted by molar-refractivity contribution is -0.137. The van der Waals surface area contributed by atoms with Gasteiger partial charge in [0, 0.05) is 25.6 Å². The van der Waals surface area contributed by atoms with E-state index in [1.54, 1.807) is 18.2 Å². The van der Waals surface area contributed by atoms with Crippen LogP contribution in [0.4, 0.5) is 13.2 Å². The molecule has 1 aliphatic rings. The van der Waals surface area contributed by atoms with Crippen molar-refractivity contribution >= 4 is 0 Å². The number of aliphatic hydroxyl groups excluding tert-OH is 1. The number of rotatable bonds is 8. The lowest BCUT2D eigenvalue weighted by Gasteiger charge is -2.44. The maximum Gasteiger partial charge on any atom is 0.416 e. The summed E-state index contributed by atoms with van der Waals surface area (Å²) in [7, 11) is 0. The van der Waals surface area contributed by atoms with Crippen LogP contribution in [-0.4, -0.2) is 22.6 Å². The van der Waals surface area contributed by atoms with Gasteiger partial charge in [0.1, 0.15) is 0 Å². The lowest BCUT2D eigenvalue weighted by atomic mass is 9.72. The summed E-state index contributed by atoms with van der Waals surface area (Å²) < 4.78 is 39.5. The van der Waals surface area contributed by atoms with Crippen molar-refractivity contribution in [2.75, 3.05) is 6.54 Å². The Morgan fingerprint density at radius 2 is 1.73 bits per heavy atom. The summed E-state index contributed by atoms with van der Waals surface area (Å²) >= 11 is 0. The molecule has 0 saturated heterocycles. The Morgan fingerprint density at radius 3 is 2.30 bits per heavy atom. The number of aliphatic hydroxyl groups is 1. The Labute approximate surface area is 196 Å². The summed E-state index contributed by atoms with van der Waals surface area (Å²) in [5.74, 6) is 1.32. The molecule has 0 heterocycles. The van der Waals surface area contributed by atoms with Crippen molar-refractivity contribution < 1.29 is 18.3 Å². The standard InChI is InChI=1S/C28H36F3NO/c1-4-25(33)16-22-10-15-27(32(18-20(2)3)19-21-8-6-5-7-9-21)26(17-22)23-11-13-24(14-12-23)28(29,30)31/h4-9,11-14,20,22,26-27,33H,10,15-19H2,1-3H3/b25-4-/t22-,26-,27+/m0/s1. The maximum absolute atomic E-state index is 13.2. The second-order valence-corrected chi connectivity index (χ2v) is 9.77. The van der Waals surface area contributed by atoms with Gasteiger partial charge >= 0.3 is 6.18 Å². The molecule has 2 nitrogen and oxygen atoms in total. The Bertz CT molecular complexity index is 890. The molecule has 0 unspecified atom stereocenters. The van der Waals surface area contributed by atoms with Gasteiger partial charge in [-0.2, -0.15) is 13.2 Å². The zero-order valence-corrected chi connectivity index (χ0v) is 19.9. The molecule has 0 bridgehead atoms. The van der Waals surface area contributed by atoms with Gasteiger partial charge < -0.3 is 5.11 Å². The minimum Gasteiger partial charge on any atom is -0.513 e. The summed E-state index contributed by atoms with van der Waals surface area (Å²) in [6.45, 7) is 8.01. The largest absolute Gasteiger partial charge is 0.513 e. The van der Waals surface area contributed by atoms with E-state index >= 15 is 0 Å². The third-order valence-corrected chi connectivity index (χ3v) is 6.72. The second kappa shape index (κ2) is 11.2. The monoisotopic (exact) mass is 459 g/mol. The topological polar surface area (TPSA) is 23.5 Å². The zero-order chi connectivity index (χ0) is 24.0. The quantitative estimate of drug-likeness (QED) is 0.405. The van der Waals surface area contributed by atoms with Crippen LogP contribution in [0.5, 0.6) is 0 Å². The molecule has 2 aromatic carbocycles. The van der Waals surface area contributed by atoms with Crippen molar-refractivity contribution in [3.63, 3.8) is 0 Å². The van der Waals surface area contributed by atoms with Crippen molar-refractivity contribution in [1.82, 2.24) is 4.90 Å². The average molecular weight is 460 g/mol. The van der Waals surface area contributed by atoms with Crippen LogP contribution >= 0.6 is 0 Å². The minimum absolute atomic E-state index is 0.123. The first-order valence-electron chi connectivity index (χ1n) is 12.0. The molecule has 2 aromatic rings. The van der Waals surface area contributed by atoms with E-state index in [-0.39, 0.29) is 12.0 Å². The van der Waals surface area contributed by atoms with Crippen LogP contribution in [0.25, 0.3) is 0 Å². The number of alkyl halides is 3. The number of benzene rings is 2. The fourth-order valence-electron chi connectivity index (χ4n) is 5.16. The fourth-order valence-corrected chi connectivity index (χ4v) is 5.16. The van der Waals surface area contributed by atoms with Crippen LogP contribution in [0.2, 0.25) is 0 Å². The van der Waals surface area contributed by atoms with Gasteiger partial charge in [-0.15, -0.1) is 0 Å². The molecular weight excluding hydrogens is 423 g/mol. The van der Waals surface area contributed by atoms with Crippen molar-refractivity contribution in [2.45, 2.75) is 71.1 Å². The highest BCUT2D eigenvalue weighted by Gasteiger charge is 2.36. The van der Waals surface area contributed by atoms with Crippen LogP contribution in [0.3, 0.4) is 0 Å². The van der Waals surface area contributed by atoms with Gasteiger partial charge in [-0.25, -0.2) is 0 Å². The van der Waals surface area contributed by atoms with Crippen molar-refractivity contribution in [3.8, 4) is 0 Å². The van der Waals surface area contributed by atoms with E-state index in [4.69, 9.17) is 0 Å². The first kappa shape index (κ1) is 25.4. The molecule has 0 amide bonds. The summed E-state index contributed by atoms with van der Waals surface area (Å²) in [5.41, 5.74) is 1.60. The summed E-state index contributed by atoms with van der Waals surface area (Å²) in [4.78, 5) is 2.52. The minimum atomic E-state index is -4.33. The van der Waals surface area contributed by atoms with Crippen LogP contribution in [0, 0.1) is 11.8 Å². The Hall–Kier alpha value is -2.27. The summed E-state index contributed by atoms with van der Waals surface area (Å²) in [6.07, 6.45) is 0.859. The Morgan fingerprint density at radius 1 is 1.06 bits per heavy atom. The number of hydrogen-bond donors (Lipinski definition) is 1. The van der Waals surface area contributed by atoms with Gasteiger partial charge in [0.05, 0.1) is 11.3 Å². The zero-order valence-electron chi connectivity index (χ0n) is 19.9. The molecule has 0 aliphatic heterocycles. The van der Waals surface area contributed by atoms with Crippen LogP contribution < -0.4 is 0 Å². The first-order chi connectivity index (χ1) is 15.7. The van der Waals surface area contributed by atoms with E-state index < -0.39 is 11.7 Å². The smallest absolute Gasteiger partial charge is 0.416 e. The third kappa shape index (κ3) is 7.10. The molecule has 3 atom stereocenters. The molecule has 180 valence electrons. The van der Waals surface area contributed by atoms with Crippen molar-refractivity contribution in [1.29, 1.82) is 0 Å². The molecule has 1 fully saturated rings. The van der Waals surface area contributed by atoms with Crippen LogP contribution in [0.15, 0.2) is 66.4 Å². The summed E-state index contributed by atoms with van der Waals surface area (Å²) in [5, 5.41) is 10.1. The summed E-state index contributed by atoms with van der Waals surface area (Å²) in [6, 6.07) is 16.4. The number of hydrogen-bond acceptors (Lipinski definition) is 2. The Kier molecular flexibility index (Phi) is 8.63. The maximum atomic E-state index is 13.2.